The highest BCUT2D eigenvalue weighted by molar-refractivity contribution is 5.93. The van der Waals surface area contributed by atoms with E-state index in [0.29, 0.717) is 6.61 Å². The normalized spacial score (nSPS) is 24.3. The lowest BCUT2D eigenvalue weighted by molar-refractivity contribution is 0.0136. The van der Waals surface area contributed by atoms with Crippen LogP contribution in [0.2, 0.25) is 0 Å². The largest absolute Gasteiger partial charge is 0.378 e. The molecule has 0 bridgehead atoms. The third kappa shape index (κ3) is 2.94. The van der Waals surface area contributed by atoms with Gasteiger partial charge in [0.15, 0.2) is 5.43 Å². The Morgan fingerprint density at radius 3 is 3.12 bits per heavy atom. The van der Waals surface area contributed by atoms with Gasteiger partial charge in [-0.1, -0.05) is 0 Å². The van der Waals surface area contributed by atoms with Gasteiger partial charge in [0.2, 0.25) is 0 Å². The van der Waals surface area contributed by atoms with E-state index in [1.165, 1.54) is 18.5 Å². The lowest BCUT2D eigenvalue weighted by atomic mass is 10.0. The average Bonchev–Trinajstić information content (AvgIpc) is 2.29. The van der Waals surface area contributed by atoms with Gasteiger partial charge in [0, 0.05) is 31.1 Å². The Labute approximate surface area is 99.2 Å². The monoisotopic (exact) mass is 236 g/mol. The van der Waals surface area contributed by atoms with Crippen LogP contribution in [0.15, 0.2) is 23.3 Å². The van der Waals surface area contributed by atoms with E-state index < -0.39 is 0 Å². The van der Waals surface area contributed by atoms with E-state index in [4.69, 9.17) is 4.74 Å². The zero-order valence-electron chi connectivity index (χ0n) is 9.73. The van der Waals surface area contributed by atoms with Crippen LogP contribution in [0.1, 0.15) is 30.1 Å². The van der Waals surface area contributed by atoms with Crippen LogP contribution in [0.3, 0.4) is 0 Å². The molecule has 5 heteroatoms. The molecule has 2 rings (SSSR count). The first-order valence-electron chi connectivity index (χ1n) is 5.76. The maximum Gasteiger partial charge on any atom is 0.256 e. The minimum absolute atomic E-state index is 0.0888. The number of aromatic nitrogens is 1. The summed E-state index contributed by atoms with van der Waals surface area (Å²) >= 11 is 0. The summed E-state index contributed by atoms with van der Waals surface area (Å²) < 4.78 is 5.40. The lowest BCUT2D eigenvalue weighted by Crippen LogP contribution is -2.42. The van der Waals surface area contributed by atoms with Crippen molar-refractivity contribution in [3.05, 3.63) is 34.2 Å². The summed E-state index contributed by atoms with van der Waals surface area (Å²) in [5.74, 6) is -0.314. The zero-order valence-corrected chi connectivity index (χ0v) is 9.73. The molecule has 17 heavy (non-hydrogen) atoms. The fraction of sp³-hybridized carbons (Fsp3) is 0.500. The minimum atomic E-state index is -0.314. The summed E-state index contributed by atoms with van der Waals surface area (Å²) in [5, 5.41) is 2.87. The molecule has 2 unspecified atom stereocenters. The first-order valence-corrected chi connectivity index (χ1v) is 5.76. The number of pyridine rings is 1. The van der Waals surface area contributed by atoms with Crippen LogP contribution in [-0.4, -0.2) is 29.6 Å². The predicted octanol–water partition coefficient (Wildman–Crippen LogP) is 0.672. The maximum absolute atomic E-state index is 11.9. The molecule has 2 heterocycles. The quantitative estimate of drug-likeness (QED) is 0.793. The van der Waals surface area contributed by atoms with Crippen molar-refractivity contribution in [2.75, 3.05) is 6.61 Å². The summed E-state index contributed by atoms with van der Waals surface area (Å²) in [7, 11) is 0. The van der Waals surface area contributed by atoms with Crippen molar-refractivity contribution < 1.29 is 9.53 Å². The van der Waals surface area contributed by atoms with Gasteiger partial charge >= 0.3 is 0 Å². The molecular weight excluding hydrogens is 220 g/mol. The van der Waals surface area contributed by atoms with Crippen molar-refractivity contribution in [1.82, 2.24) is 10.3 Å². The molecule has 5 nitrogen and oxygen atoms in total. The van der Waals surface area contributed by atoms with Crippen molar-refractivity contribution >= 4 is 5.91 Å². The van der Waals surface area contributed by atoms with Crippen LogP contribution in [0, 0.1) is 0 Å². The Balaban J connectivity index is 2.02. The molecule has 1 saturated heterocycles. The fourth-order valence-electron chi connectivity index (χ4n) is 1.99. The average molecular weight is 236 g/mol. The smallest absolute Gasteiger partial charge is 0.256 e. The summed E-state index contributed by atoms with van der Waals surface area (Å²) in [6.07, 6.45) is 4.68. The van der Waals surface area contributed by atoms with E-state index in [0.717, 1.165) is 12.8 Å². The highest BCUT2D eigenvalue weighted by Gasteiger charge is 2.22. The van der Waals surface area contributed by atoms with Gasteiger partial charge in [0.1, 0.15) is 5.56 Å². The topological polar surface area (TPSA) is 71.2 Å². The molecule has 1 aliphatic heterocycles. The molecule has 1 aliphatic rings. The van der Waals surface area contributed by atoms with Crippen LogP contribution >= 0.6 is 0 Å². The minimum Gasteiger partial charge on any atom is -0.378 e. The van der Waals surface area contributed by atoms with Gasteiger partial charge in [0.05, 0.1) is 6.10 Å². The number of hydrogen-bond acceptors (Lipinski definition) is 3. The molecule has 0 saturated carbocycles. The zero-order chi connectivity index (χ0) is 12.3. The van der Waals surface area contributed by atoms with Crippen LogP contribution in [-0.2, 0) is 4.74 Å². The summed E-state index contributed by atoms with van der Waals surface area (Å²) in [5.41, 5.74) is -0.104. The molecule has 2 N–H and O–H groups in total. The van der Waals surface area contributed by atoms with Crippen LogP contribution < -0.4 is 10.7 Å². The lowest BCUT2D eigenvalue weighted by Gasteiger charge is -2.27. The predicted molar refractivity (Wildman–Crippen MR) is 63.0 cm³/mol. The van der Waals surface area contributed by atoms with Crippen molar-refractivity contribution in [1.29, 1.82) is 0 Å². The Morgan fingerprint density at radius 1 is 1.59 bits per heavy atom. The standard InChI is InChI=1S/C12H16N2O3/c1-8-6-9(3-5-17-8)14-12(16)10-7-13-4-2-11(10)15/h2,4,7-9H,3,5-6H2,1H3,(H,13,15)(H,14,16). The maximum atomic E-state index is 11.9. The number of H-pyrrole nitrogens is 1. The number of rotatable bonds is 2. The molecule has 0 radical (unpaired) electrons. The number of amides is 1. The number of aromatic amines is 1. The van der Waals surface area contributed by atoms with Crippen molar-refractivity contribution in [3.8, 4) is 0 Å². The van der Waals surface area contributed by atoms with Crippen molar-refractivity contribution in [3.63, 3.8) is 0 Å². The van der Waals surface area contributed by atoms with Gasteiger partial charge in [-0.15, -0.1) is 0 Å². The first kappa shape index (κ1) is 11.9. The molecular formula is C12H16N2O3. The van der Waals surface area contributed by atoms with Gasteiger partial charge in [-0.3, -0.25) is 9.59 Å². The van der Waals surface area contributed by atoms with E-state index in [2.05, 4.69) is 10.3 Å². The fourth-order valence-corrected chi connectivity index (χ4v) is 1.99. The highest BCUT2D eigenvalue weighted by atomic mass is 16.5. The molecule has 1 fully saturated rings. The van der Waals surface area contributed by atoms with Crippen LogP contribution in [0.25, 0.3) is 0 Å². The second-order valence-corrected chi connectivity index (χ2v) is 4.30. The summed E-state index contributed by atoms with van der Waals surface area (Å²) in [4.78, 5) is 26.1. The molecule has 0 aliphatic carbocycles. The molecule has 1 aromatic rings. The van der Waals surface area contributed by atoms with Gasteiger partial charge < -0.3 is 15.0 Å². The van der Waals surface area contributed by atoms with Crippen molar-refractivity contribution in [2.45, 2.75) is 31.9 Å². The number of hydrogen-bond donors (Lipinski definition) is 2. The van der Waals surface area contributed by atoms with E-state index in [-0.39, 0.29) is 29.0 Å². The Morgan fingerprint density at radius 2 is 2.41 bits per heavy atom. The van der Waals surface area contributed by atoms with Gasteiger partial charge in [0.25, 0.3) is 5.91 Å². The third-order valence-corrected chi connectivity index (χ3v) is 2.89. The highest BCUT2D eigenvalue weighted by Crippen LogP contribution is 2.13. The second-order valence-electron chi connectivity index (χ2n) is 4.30. The van der Waals surface area contributed by atoms with E-state index in [1.54, 1.807) is 0 Å². The molecule has 1 amide bonds. The van der Waals surface area contributed by atoms with Gasteiger partial charge in [-0.2, -0.15) is 0 Å². The van der Waals surface area contributed by atoms with Gasteiger partial charge in [-0.05, 0) is 19.8 Å². The number of ether oxygens (including phenoxy) is 1. The van der Waals surface area contributed by atoms with E-state index in [1.807, 2.05) is 6.92 Å². The summed E-state index contributed by atoms with van der Waals surface area (Å²) in [6, 6.07) is 1.44. The Hall–Kier alpha value is -1.62. The molecule has 0 spiro atoms. The third-order valence-electron chi connectivity index (χ3n) is 2.89. The number of carbonyl (C=O) groups excluding carboxylic acids is 1. The van der Waals surface area contributed by atoms with Gasteiger partial charge in [-0.25, -0.2) is 0 Å². The Kier molecular flexibility index (Phi) is 3.58. The first-order chi connectivity index (χ1) is 8.16. The number of nitrogens with one attached hydrogen (secondary N) is 2. The second kappa shape index (κ2) is 5.14. The molecule has 2 atom stereocenters. The molecule has 0 aromatic carbocycles. The SMILES string of the molecule is CC1CC(NC(=O)c2c[nH]ccc2=O)CCO1. The van der Waals surface area contributed by atoms with E-state index in [9.17, 15) is 9.59 Å². The summed E-state index contributed by atoms with van der Waals surface area (Å²) in [6.45, 7) is 2.63. The van der Waals surface area contributed by atoms with Crippen LogP contribution in [0.5, 0.6) is 0 Å². The number of carbonyl (C=O) groups is 1. The van der Waals surface area contributed by atoms with E-state index >= 15 is 0 Å². The Bertz CT molecular complexity index is 455. The van der Waals surface area contributed by atoms with Crippen molar-refractivity contribution in [2.24, 2.45) is 0 Å². The molecule has 92 valence electrons. The van der Waals surface area contributed by atoms with Crippen LogP contribution in [0.4, 0.5) is 0 Å². The molecule has 1 aromatic heterocycles.